The maximum absolute atomic E-state index is 12.6. The molecule has 3 aliphatic rings. The molecule has 3 heterocycles. The van der Waals surface area contributed by atoms with Crippen molar-refractivity contribution in [2.75, 3.05) is 49.8 Å². The first-order valence-corrected chi connectivity index (χ1v) is 10.6. The number of nitrogens with one attached hydrogen (secondary N) is 1. The molecule has 3 aliphatic heterocycles. The van der Waals surface area contributed by atoms with Crippen molar-refractivity contribution < 1.29 is 33.3 Å². The molecule has 5 rings (SSSR count). The second-order valence-corrected chi connectivity index (χ2v) is 7.86. The van der Waals surface area contributed by atoms with Crippen molar-refractivity contribution in [1.29, 1.82) is 0 Å². The Morgan fingerprint density at radius 2 is 2.00 bits per heavy atom. The van der Waals surface area contributed by atoms with Crippen molar-refractivity contribution in [2.24, 2.45) is 0 Å². The summed E-state index contributed by atoms with van der Waals surface area (Å²) in [5.41, 5.74) is 1.74. The van der Waals surface area contributed by atoms with Gasteiger partial charge in [0.15, 0.2) is 0 Å². The van der Waals surface area contributed by atoms with Crippen LogP contribution in [0.5, 0.6) is 11.5 Å². The van der Waals surface area contributed by atoms with Crippen molar-refractivity contribution in [2.45, 2.75) is 12.1 Å². The number of morpholine rings is 1. The van der Waals surface area contributed by atoms with Gasteiger partial charge in [-0.25, -0.2) is 4.79 Å². The van der Waals surface area contributed by atoms with Gasteiger partial charge in [0.2, 0.25) is 0 Å². The Hall–Kier alpha value is -3.79. The maximum Gasteiger partial charge on any atom is 0.415 e. The van der Waals surface area contributed by atoms with Crippen LogP contribution in [0.2, 0.25) is 0 Å². The molecule has 2 atom stereocenters. The maximum atomic E-state index is 12.6. The van der Waals surface area contributed by atoms with Gasteiger partial charge in [-0.3, -0.25) is 14.5 Å². The lowest BCUT2D eigenvalue weighted by atomic mass is 10.1. The molecule has 0 unspecified atom stereocenters. The molecule has 0 spiro atoms. The number of fused-ring (bicyclic) bond motifs is 3. The summed E-state index contributed by atoms with van der Waals surface area (Å²) in [6.07, 6.45) is -1.06. The van der Waals surface area contributed by atoms with Gasteiger partial charge < -0.3 is 29.2 Å². The number of benzene rings is 2. The third-order valence-corrected chi connectivity index (χ3v) is 5.94. The highest BCUT2D eigenvalue weighted by molar-refractivity contribution is 5.98. The predicted molar refractivity (Wildman–Crippen MR) is 117 cm³/mol. The van der Waals surface area contributed by atoms with Crippen molar-refractivity contribution in [3.63, 3.8) is 0 Å². The highest BCUT2D eigenvalue weighted by Crippen LogP contribution is 2.41. The number of anilines is 2. The van der Waals surface area contributed by atoms with Crippen LogP contribution in [0.4, 0.5) is 16.2 Å². The second kappa shape index (κ2) is 8.62. The molecule has 10 nitrogen and oxygen atoms in total. The summed E-state index contributed by atoms with van der Waals surface area (Å²) in [6, 6.07) is 11.6. The van der Waals surface area contributed by atoms with E-state index in [0.29, 0.717) is 41.6 Å². The molecule has 33 heavy (non-hydrogen) atoms. The van der Waals surface area contributed by atoms with E-state index in [4.69, 9.17) is 18.9 Å². The van der Waals surface area contributed by atoms with Gasteiger partial charge >= 0.3 is 6.09 Å². The van der Waals surface area contributed by atoms with Crippen molar-refractivity contribution >= 4 is 29.3 Å². The third kappa shape index (κ3) is 3.93. The molecule has 1 N–H and O–H groups in total. The summed E-state index contributed by atoms with van der Waals surface area (Å²) < 4.78 is 21.8. The Balaban J connectivity index is 1.27. The van der Waals surface area contributed by atoms with Crippen LogP contribution in [0.15, 0.2) is 42.5 Å². The Bertz CT molecular complexity index is 1090. The molecule has 2 aromatic rings. The highest BCUT2D eigenvalue weighted by Gasteiger charge is 2.46. The zero-order chi connectivity index (χ0) is 22.9. The molecule has 0 bridgehead atoms. The second-order valence-electron chi connectivity index (χ2n) is 7.86. The van der Waals surface area contributed by atoms with E-state index in [1.807, 2.05) is 0 Å². The average Bonchev–Trinajstić information content (AvgIpc) is 3.18. The van der Waals surface area contributed by atoms with Gasteiger partial charge in [0.25, 0.3) is 11.8 Å². The van der Waals surface area contributed by atoms with Crippen LogP contribution >= 0.6 is 0 Å². The van der Waals surface area contributed by atoms with E-state index in [9.17, 15) is 14.4 Å². The van der Waals surface area contributed by atoms with Gasteiger partial charge in [-0.05, 0) is 36.4 Å². The number of ether oxygens (including phenoxy) is 4. The first kappa shape index (κ1) is 21.1. The lowest BCUT2D eigenvalue weighted by molar-refractivity contribution is -0.125. The topological polar surface area (TPSA) is 107 Å². The zero-order valence-corrected chi connectivity index (χ0v) is 18.0. The number of nitrogens with zero attached hydrogens (tertiary/aromatic N) is 2. The van der Waals surface area contributed by atoms with Crippen molar-refractivity contribution in [3.05, 3.63) is 48.0 Å². The van der Waals surface area contributed by atoms with Crippen molar-refractivity contribution in [1.82, 2.24) is 5.32 Å². The predicted octanol–water partition coefficient (Wildman–Crippen LogP) is 1.57. The quantitative estimate of drug-likeness (QED) is 0.733. The Kier molecular flexibility index (Phi) is 5.51. The summed E-state index contributed by atoms with van der Waals surface area (Å²) in [6.45, 7) is 1.33. The lowest BCUT2D eigenvalue weighted by Crippen LogP contribution is -2.48. The minimum atomic E-state index is -0.562. The molecule has 3 amide bonds. The van der Waals surface area contributed by atoms with Crippen molar-refractivity contribution in [3.8, 4) is 11.5 Å². The van der Waals surface area contributed by atoms with Gasteiger partial charge in [-0.2, -0.15) is 0 Å². The summed E-state index contributed by atoms with van der Waals surface area (Å²) in [5.74, 6) is 0.765. The number of hydrogen-bond donors (Lipinski definition) is 1. The number of hydrogen-bond acceptors (Lipinski definition) is 7. The largest absolute Gasteiger partial charge is 0.497 e. The summed E-state index contributed by atoms with van der Waals surface area (Å²) in [7, 11) is 1.56. The van der Waals surface area contributed by atoms with E-state index in [1.165, 1.54) is 0 Å². The number of rotatable bonds is 5. The Labute approximate surface area is 189 Å². The Morgan fingerprint density at radius 3 is 2.76 bits per heavy atom. The van der Waals surface area contributed by atoms with Crippen LogP contribution in [-0.2, 0) is 14.3 Å². The van der Waals surface area contributed by atoms with E-state index in [0.717, 1.165) is 0 Å². The first-order chi connectivity index (χ1) is 16.0. The molecule has 2 fully saturated rings. The number of carbonyl (C=O) groups excluding carboxylic acids is 3. The number of cyclic esters (lactones) is 1. The molecule has 2 aromatic carbocycles. The normalized spacial score (nSPS) is 21.6. The van der Waals surface area contributed by atoms with Crippen LogP contribution in [0, 0.1) is 0 Å². The fourth-order valence-electron chi connectivity index (χ4n) is 4.19. The number of carbonyl (C=O) groups is 3. The van der Waals surface area contributed by atoms with Crippen LogP contribution in [0.25, 0.3) is 0 Å². The summed E-state index contributed by atoms with van der Waals surface area (Å²) in [4.78, 5) is 40.4. The summed E-state index contributed by atoms with van der Waals surface area (Å²) >= 11 is 0. The van der Waals surface area contributed by atoms with Gasteiger partial charge in [-0.1, -0.05) is 0 Å². The van der Waals surface area contributed by atoms with E-state index in [-0.39, 0.29) is 37.6 Å². The fourth-order valence-corrected chi connectivity index (χ4v) is 4.19. The third-order valence-electron chi connectivity index (χ3n) is 5.94. The van der Waals surface area contributed by atoms with Crippen LogP contribution in [0.1, 0.15) is 10.4 Å². The first-order valence-electron chi connectivity index (χ1n) is 10.6. The molecule has 0 radical (unpaired) electrons. The minimum Gasteiger partial charge on any atom is -0.497 e. The lowest BCUT2D eigenvalue weighted by Gasteiger charge is -2.33. The molecule has 0 saturated carbocycles. The Morgan fingerprint density at radius 1 is 1.18 bits per heavy atom. The van der Waals surface area contributed by atoms with Crippen LogP contribution in [-0.4, -0.2) is 70.1 Å². The summed E-state index contributed by atoms with van der Waals surface area (Å²) in [5, 5.41) is 2.82. The van der Waals surface area contributed by atoms with Crippen LogP contribution in [0.3, 0.4) is 0 Å². The standard InChI is InChI=1S/C23H23N3O7/c1-30-16-5-2-14(3-6-16)22(28)24-11-20-18-12-32-19-10-15(25-8-9-31-13-21(25)27)4-7-17(19)26(18)23(29)33-20/h2-7,10,18,20H,8-9,11-13H2,1H3,(H,24,28)/t18-,20-/m0/s1. The minimum absolute atomic E-state index is 0.0440. The molecule has 172 valence electrons. The SMILES string of the molecule is COc1ccc(C(=O)NC[C@@H]2OC(=O)N3c4ccc(N5CCOCC5=O)cc4OC[C@@H]23)cc1. The zero-order valence-electron chi connectivity index (χ0n) is 18.0. The van der Waals surface area contributed by atoms with Gasteiger partial charge in [0.1, 0.15) is 36.9 Å². The smallest absolute Gasteiger partial charge is 0.415 e. The molecular formula is C23H23N3O7. The average molecular weight is 453 g/mol. The number of amides is 3. The van der Waals surface area contributed by atoms with E-state index < -0.39 is 12.2 Å². The van der Waals surface area contributed by atoms with Gasteiger partial charge in [0, 0.05) is 23.9 Å². The number of methoxy groups -OCH3 is 1. The monoisotopic (exact) mass is 453 g/mol. The van der Waals surface area contributed by atoms with E-state index in [2.05, 4.69) is 5.32 Å². The van der Waals surface area contributed by atoms with Crippen LogP contribution < -0.4 is 24.6 Å². The van der Waals surface area contributed by atoms with Gasteiger partial charge in [-0.15, -0.1) is 0 Å². The molecule has 0 aliphatic carbocycles. The van der Waals surface area contributed by atoms with E-state index >= 15 is 0 Å². The highest BCUT2D eigenvalue weighted by atomic mass is 16.6. The fraction of sp³-hybridized carbons (Fsp3) is 0.348. The van der Waals surface area contributed by atoms with E-state index in [1.54, 1.807) is 59.4 Å². The molecule has 10 heteroatoms. The molecule has 0 aromatic heterocycles. The molecular weight excluding hydrogens is 430 g/mol. The van der Waals surface area contributed by atoms with Gasteiger partial charge in [0.05, 0.1) is 25.9 Å². The molecule has 2 saturated heterocycles.